The third-order valence-electron chi connectivity index (χ3n) is 4.67. The maximum atomic E-state index is 9.56. The molecule has 0 aliphatic carbocycles. The van der Waals surface area contributed by atoms with Gasteiger partial charge in [0.15, 0.2) is 0 Å². The Bertz CT molecular complexity index is 955. The second-order valence-electron chi connectivity index (χ2n) is 6.97. The van der Waals surface area contributed by atoms with Crippen LogP contribution >= 0.6 is 0 Å². The average molecular weight is 369 g/mol. The van der Waals surface area contributed by atoms with E-state index >= 15 is 0 Å². The summed E-state index contributed by atoms with van der Waals surface area (Å²) in [5.41, 5.74) is 4.17. The summed E-state index contributed by atoms with van der Waals surface area (Å²) >= 11 is 0. The van der Waals surface area contributed by atoms with Crippen molar-refractivity contribution in [3.05, 3.63) is 95.3 Å². The molecule has 4 heteroatoms. The zero-order valence-corrected chi connectivity index (χ0v) is 16.1. The molecule has 4 nitrogen and oxygen atoms in total. The molecule has 1 aromatic heterocycles. The molecular formula is C24H23N3O. The molecule has 1 atom stereocenters. The van der Waals surface area contributed by atoms with Gasteiger partial charge in [0.25, 0.3) is 0 Å². The molecule has 0 aliphatic rings. The quantitative estimate of drug-likeness (QED) is 0.562. The van der Waals surface area contributed by atoms with Crippen LogP contribution in [-0.4, -0.2) is 10.7 Å². The average Bonchev–Trinajstić information content (AvgIpc) is 2.74. The van der Waals surface area contributed by atoms with Crippen LogP contribution < -0.4 is 4.74 Å². The van der Waals surface area contributed by atoms with Crippen LogP contribution in [0, 0.1) is 16.7 Å². The summed E-state index contributed by atoms with van der Waals surface area (Å²) in [5.74, 6) is 0.630. The number of ether oxygens (including phenoxy) is 1. The van der Waals surface area contributed by atoms with E-state index in [4.69, 9.17) is 10.1 Å². The third kappa shape index (κ3) is 4.63. The summed E-state index contributed by atoms with van der Waals surface area (Å²) in [6.07, 6.45) is 3.26. The van der Waals surface area contributed by atoms with Crippen molar-refractivity contribution < 1.29 is 4.74 Å². The molecular weight excluding hydrogens is 346 g/mol. The summed E-state index contributed by atoms with van der Waals surface area (Å²) < 4.78 is 5.86. The Kier molecular flexibility index (Phi) is 6.18. The molecule has 3 aromatic rings. The van der Waals surface area contributed by atoms with E-state index in [9.17, 15) is 5.26 Å². The Labute approximate surface area is 166 Å². The predicted octanol–water partition coefficient (Wildman–Crippen LogP) is 5.46. The number of nitrogens with zero attached hydrogens (tertiary/aromatic N) is 2. The van der Waals surface area contributed by atoms with Crippen molar-refractivity contribution >= 4 is 5.71 Å². The molecule has 0 radical (unpaired) electrons. The van der Waals surface area contributed by atoms with E-state index in [-0.39, 0.29) is 5.71 Å². The van der Waals surface area contributed by atoms with Gasteiger partial charge < -0.3 is 10.1 Å². The van der Waals surface area contributed by atoms with E-state index < -0.39 is 5.92 Å². The van der Waals surface area contributed by atoms with Gasteiger partial charge in [-0.1, -0.05) is 50.2 Å². The van der Waals surface area contributed by atoms with Crippen molar-refractivity contribution in [3.63, 3.8) is 0 Å². The van der Waals surface area contributed by atoms with Gasteiger partial charge in [0.05, 0.1) is 11.8 Å². The smallest absolute Gasteiger partial charge is 0.119 e. The van der Waals surface area contributed by atoms with E-state index in [1.54, 1.807) is 24.5 Å². The van der Waals surface area contributed by atoms with E-state index in [0.29, 0.717) is 18.1 Å². The largest absolute Gasteiger partial charge is 0.489 e. The van der Waals surface area contributed by atoms with Gasteiger partial charge in [-0.3, -0.25) is 4.98 Å². The van der Waals surface area contributed by atoms with Crippen molar-refractivity contribution in [3.8, 4) is 11.8 Å². The lowest BCUT2D eigenvalue weighted by atomic mass is 9.91. The Balaban J connectivity index is 1.65. The number of nitrogens with one attached hydrogen (secondary N) is 1. The summed E-state index contributed by atoms with van der Waals surface area (Å²) in [5, 5.41) is 17.9. The zero-order chi connectivity index (χ0) is 19.9. The predicted molar refractivity (Wildman–Crippen MR) is 111 cm³/mol. The number of benzene rings is 2. The van der Waals surface area contributed by atoms with Crippen LogP contribution in [0.5, 0.6) is 5.75 Å². The van der Waals surface area contributed by atoms with Crippen LogP contribution in [-0.2, 0) is 6.61 Å². The van der Waals surface area contributed by atoms with Crippen molar-refractivity contribution in [2.75, 3.05) is 0 Å². The highest BCUT2D eigenvalue weighted by molar-refractivity contribution is 6.04. The van der Waals surface area contributed by atoms with Gasteiger partial charge in [-0.15, -0.1) is 0 Å². The lowest BCUT2D eigenvalue weighted by molar-refractivity contribution is 0.306. The molecule has 1 heterocycles. The van der Waals surface area contributed by atoms with Crippen LogP contribution in [0.1, 0.15) is 47.9 Å². The zero-order valence-electron chi connectivity index (χ0n) is 16.1. The first-order chi connectivity index (χ1) is 13.6. The van der Waals surface area contributed by atoms with Gasteiger partial charge >= 0.3 is 0 Å². The SMILES string of the molecule is CC(C)c1ccc(COc2ccc(C(C#N)C(=N)c3ccncc3)cc2)cc1. The van der Waals surface area contributed by atoms with E-state index in [0.717, 1.165) is 16.9 Å². The number of hydrogen-bond donors (Lipinski definition) is 1. The minimum absolute atomic E-state index is 0.267. The molecule has 1 N–H and O–H groups in total. The van der Waals surface area contributed by atoms with Crippen LogP contribution in [0.4, 0.5) is 0 Å². The van der Waals surface area contributed by atoms with Gasteiger partial charge in [-0.25, -0.2) is 0 Å². The van der Waals surface area contributed by atoms with E-state index in [1.165, 1.54) is 5.56 Å². The Morgan fingerprint density at radius 1 is 0.964 bits per heavy atom. The van der Waals surface area contributed by atoms with Gasteiger partial charge in [0.2, 0.25) is 0 Å². The third-order valence-corrected chi connectivity index (χ3v) is 4.67. The Morgan fingerprint density at radius 2 is 1.57 bits per heavy atom. The van der Waals surface area contributed by atoms with Gasteiger partial charge in [-0.2, -0.15) is 5.26 Å². The lowest BCUT2D eigenvalue weighted by Crippen LogP contribution is -2.11. The number of pyridine rings is 1. The maximum Gasteiger partial charge on any atom is 0.119 e. The molecule has 0 amide bonds. The van der Waals surface area contributed by atoms with Crippen molar-refractivity contribution in [1.82, 2.24) is 4.98 Å². The molecule has 2 aromatic carbocycles. The summed E-state index contributed by atoms with van der Waals surface area (Å²) in [6, 6.07) is 21.6. The van der Waals surface area contributed by atoms with Gasteiger partial charge in [0, 0.05) is 12.4 Å². The van der Waals surface area contributed by atoms with Crippen molar-refractivity contribution in [2.24, 2.45) is 0 Å². The molecule has 0 saturated carbocycles. The molecule has 0 spiro atoms. The fourth-order valence-electron chi connectivity index (χ4n) is 2.93. The van der Waals surface area contributed by atoms with Crippen molar-refractivity contribution in [2.45, 2.75) is 32.3 Å². The molecule has 3 rings (SSSR count). The van der Waals surface area contributed by atoms with Gasteiger partial charge in [-0.05, 0) is 52.4 Å². The first-order valence-corrected chi connectivity index (χ1v) is 9.28. The maximum absolute atomic E-state index is 9.56. The minimum atomic E-state index is -0.625. The minimum Gasteiger partial charge on any atom is -0.489 e. The highest BCUT2D eigenvalue weighted by Crippen LogP contribution is 2.23. The van der Waals surface area contributed by atoms with Crippen LogP contribution in [0.2, 0.25) is 0 Å². The molecule has 0 bridgehead atoms. The number of nitriles is 1. The van der Waals surface area contributed by atoms with Crippen molar-refractivity contribution in [1.29, 1.82) is 10.7 Å². The first-order valence-electron chi connectivity index (χ1n) is 9.28. The molecule has 0 saturated heterocycles. The second kappa shape index (κ2) is 8.96. The molecule has 140 valence electrons. The molecule has 0 fully saturated rings. The first kappa shape index (κ1) is 19.3. The Morgan fingerprint density at radius 3 is 2.14 bits per heavy atom. The number of rotatable bonds is 7. The summed E-state index contributed by atoms with van der Waals surface area (Å²) in [4.78, 5) is 3.96. The van der Waals surface area contributed by atoms with E-state index in [1.807, 2.05) is 24.3 Å². The highest BCUT2D eigenvalue weighted by atomic mass is 16.5. The lowest BCUT2D eigenvalue weighted by Gasteiger charge is -2.13. The topological polar surface area (TPSA) is 69.8 Å². The standard InChI is InChI=1S/C24H23N3O/c1-17(2)19-5-3-18(4-6-19)16-28-22-9-7-20(8-10-22)23(15-25)24(26)21-11-13-27-14-12-21/h3-14,17,23,26H,16H2,1-2H3. The fourth-order valence-corrected chi connectivity index (χ4v) is 2.93. The summed E-state index contributed by atoms with van der Waals surface area (Å²) in [7, 11) is 0. The summed E-state index contributed by atoms with van der Waals surface area (Å²) in [6.45, 7) is 4.85. The van der Waals surface area contributed by atoms with Crippen LogP contribution in [0.25, 0.3) is 0 Å². The number of aromatic nitrogens is 1. The Hall–Kier alpha value is -3.45. The fraction of sp³-hybridized carbons (Fsp3) is 0.208. The van der Waals surface area contributed by atoms with Crippen LogP contribution in [0.3, 0.4) is 0 Å². The normalized spacial score (nSPS) is 11.6. The number of hydrogen-bond acceptors (Lipinski definition) is 4. The monoisotopic (exact) mass is 369 g/mol. The second-order valence-corrected chi connectivity index (χ2v) is 6.97. The molecule has 0 aliphatic heterocycles. The van der Waals surface area contributed by atoms with Gasteiger partial charge in [0.1, 0.15) is 18.3 Å². The van der Waals surface area contributed by atoms with Crippen LogP contribution in [0.15, 0.2) is 73.1 Å². The molecule has 28 heavy (non-hydrogen) atoms. The molecule has 1 unspecified atom stereocenters. The highest BCUT2D eigenvalue weighted by Gasteiger charge is 2.18. The van der Waals surface area contributed by atoms with E-state index in [2.05, 4.69) is 49.2 Å².